The first-order chi connectivity index (χ1) is 13.1. The third-order valence-electron chi connectivity index (χ3n) is 4.20. The molecule has 136 valence electrons. The third-order valence-corrected chi connectivity index (χ3v) is 4.20. The Morgan fingerprint density at radius 2 is 1.63 bits per heavy atom. The van der Waals surface area contributed by atoms with Crippen LogP contribution in [0.4, 0.5) is 0 Å². The lowest BCUT2D eigenvalue weighted by Gasteiger charge is -2.07. The Labute approximate surface area is 153 Å². The number of para-hydroxylation sites is 1. The number of aliphatic imine (C=N–C) groups is 1. The van der Waals surface area contributed by atoms with E-state index in [0.717, 1.165) is 13.9 Å². The fraction of sp³-hybridized carbons (Fsp3) is 0.158. The molecule has 27 heavy (non-hydrogen) atoms. The molecule has 1 atom stereocenters. The normalized spacial score (nSPS) is 15.3. The molecule has 8 heteroatoms. The van der Waals surface area contributed by atoms with Gasteiger partial charge in [-0.05, 0) is 19.1 Å². The van der Waals surface area contributed by atoms with Gasteiger partial charge in [0, 0.05) is 5.56 Å². The van der Waals surface area contributed by atoms with E-state index in [1.165, 1.54) is 0 Å². The topological polar surface area (TPSA) is 87.6 Å². The third kappa shape index (κ3) is 2.62. The summed E-state index contributed by atoms with van der Waals surface area (Å²) >= 11 is 0. The molecule has 0 amide bonds. The van der Waals surface area contributed by atoms with Crippen LogP contribution in [0.25, 0.3) is 5.69 Å². The number of rotatable bonds is 4. The van der Waals surface area contributed by atoms with Crippen molar-refractivity contribution in [2.75, 3.05) is 6.61 Å². The standard InChI is InChI=1S/C19H16N4O4/c1-2-27-17-20-16(15(24)13-9-5-3-6-10-13)22-18(25)21(19(26)23(17)22)14-11-7-4-8-12-14/h3-12,16H,2H2,1H3. The van der Waals surface area contributed by atoms with E-state index < -0.39 is 23.3 Å². The largest absolute Gasteiger partial charge is 0.464 e. The predicted octanol–water partition coefficient (Wildman–Crippen LogP) is 1.44. The van der Waals surface area contributed by atoms with Gasteiger partial charge in [-0.3, -0.25) is 4.79 Å². The van der Waals surface area contributed by atoms with Gasteiger partial charge >= 0.3 is 17.4 Å². The average molecular weight is 364 g/mol. The molecule has 1 aliphatic rings. The second-order valence-electron chi connectivity index (χ2n) is 5.84. The van der Waals surface area contributed by atoms with Gasteiger partial charge in [0.05, 0.1) is 12.3 Å². The van der Waals surface area contributed by atoms with Crippen LogP contribution in [0.5, 0.6) is 0 Å². The van der Waals surface area contributed by atoms with E-state index in [2.05, 4.69) is 4.99 Å². The number of Topliss-reactive ketones (excluding diaryl/α,β-unsaturated/α-hetero) is 1. The van der Waals surface area contributed by atoms with Crippen molar-refractivity contribution in [2.24, 2.45) is 4.99 Å². The Hall–Kier alpha value is -3.68. The summed E-state index contributed by atoms with van der Waals surface area (Å²) in [6.07, 6.45) is -1.20. The fourth-order valence-corrected chi connectivity index (χ4v) is 3.01. The van der Waals surface area contributed by atoms with Crippen molar-refractivity contribution < 1.29 is 9.53 Å². The minimum Gasteiger partial charge on any atom is -0.464 e. The smallest absolute Gasteiger partial charge is 0.360 e. The van der Waals surface area contributed by atoms with Crippen LogP contribution in [-0.2, 0) is 4.74 Å². The Morgan fingerprint density at radius 3 is 2.26 bits per heavy atom. The van der Waals surface area contributed by atoms with Crippen LogP contribution >= 0.6 is 0 Å². The summed E-state index contributed by atoms with van der Waals surface area (Å²) in [5, 5.41) is 0. The number of hydrogen-bond acceptors (Lipinski definition) is 5. The summed E-state index contributed by atoms with van der Waals surface area (Å²) in [5.74, 6) is -0.397. The summed E-state index contributed by atoms with van der Waals surface area (Å²) in [6.45, 7) is 1.97. The molecule has 2 heterocycles. The molecule has 0 spiro atoms. The van der Waals surface area contributed by atoms with Gasteiger partial charge in [0.2, 0.25) is 11.9 Å². The maximum atomic E-state index is 13.0. The number of carbonyl (C=O) groups is 1. The lowest BCUT2D eigenvalue weighted by Crippen LogP contribution is -2.31. The molecule has 8 nitrogen and oxygen atoms in total. The Bertz CT molecular complexity index is 1140. The number of ether oxygens (including phenoxy) is 1. The second kappa shape index (κ2) is 6.56. The van der Waals surface area contributed by atoms with Gasteiger partial charge in [-0.15, -0.1) is 4.68 Å². The van der Waals surface area contributed by atoms with Gasteiger partial charge < -0.3 is 4.74 Å². The van der Waals surface area contributed by atoms with Crippen molar-refractivity contribution in [1.82, 2.24) is 13.9 Å². The highest BCUT2D eigenvalue weighted by Crippen LogP contribution is 2.20. The van der Waals surface area contributed by atoms with Crippen molar-refractivity contribution in [1.29, 1.82) is 0 Å². The molecule has 1 aromatic heterocycles. The highest BCUT2D eigenvalue weighted by molar-refractivity contribution is 6.00. The summed E-state index contributed by atoms with van der Waals surface area (Å²) in [4.78, 5) is 43.0. The SMILES string of the molecule is CCOC1=NC(C(=O)c2ccccc2)n2c(=O)n(-c3ccccc3)c(=O)n21. The molecule has 0 bridgehead atoms. The first-order valence-corrected chi connectivity index (χ1v) is 8.45. The van der Waals surface area contributed by atoms with E-state index in [4.69, 9.17) is 4.74 Å². The predicted molar refractivity (Wildman–Crippen MR) is 98.6 cm³/mol. The lowest BCUT2D eigenvalue weighted by atomic mass is 10.1. The fourth-order valence-electron chi connectivity index (χ4n) is 3.01. The average Bonchev–Trinajstić information content (AvgIpc) is 3.20. The van der Waals surface area contributed by atoms with Crippen molar-refractivity contribution in [3.8, 4) is 5.69 Å². The van der Waals surface area contributed by atoms with Gasteiger partial charge in [-0.2, -0.15) is 9.67 Å². The van der Waals surface area contributed by atoms with Crippen molar-refractivity contribution in [3.05, 3.63) is 87.2 Å². The molecule has 1 unspecified atom stereocenters. The molecule has 2 aromatic carbocycles. The minimum atomic E-state index is -1.20. The van der Waals surface area contributed by atoms with E-state index in [1.54, 1.807) is 67.6 Å². The summed E-state index contributed by atoms with van der Waals surface area (Å²) in [5.41, 5.74) is -0.494. The zero-order valence-electron chi connectivity index (χ0n) is 14.5. The highest BCUT2D eigenvalue weighted by Gasteiger charge is 2.37. The first kappa shape index (κ1) is 16.8. The van der Waals surface area contributed by atoms with Crippen molar-refractivity contribution >= 4 is 11.8 Å². The van der Waals surface area contributed by atoms with Crippen molar-refractivity contribution in [3.63, 3.8) is 0 Å². The number of nitrogens with zero attached hydrogens (tertiary/aromatic N) is 4. The van der Waals surface area contributed by atoms with Crippen LogP contribution < -0.4 is 11.4 Å². The summed E-state index contributed by atoms with van der Waals surface area (Å²) in [7, 11) is 0. The van der Waals surface area contributed by atoms with Crippen LogP contribution in [0.3, 0.4) is 0 Å². The van der Waals surface area contributed by atoms with E-state index in [-0.39, 0.29) is 12.6 Å². The van der Waals surface area contributed by atoms with Crippen LogP contribution in [0.2, 0.25) is 0 Å². The van der Waals surface area contributed by atoms with Crippen LogP contribution in [0.1, 0.15) is 23.4 Å². The monoisotopic (exact) mass is 364 g/mol. The number of benzene rings is 2. The maximum absolute atomic E-state index is 13.0. The van der Waals surface area contributed by atoms with Crippen LogP contribution in [-0.4, -0.2) is 32.3 Å². The Morgan fingerprint density at radius 1 is 1.00 bits per heavy atom. The number of carbonyl (C=O) groups excluding carboxylic acids is 1. The van der Waals surface area contributed by atoms with Gasteiger partial charge in [0.1, 0.15) is 0 Å². The molecule has 0 radical (unpaired) electrons. The van der Waals surface area contributed by atoms with Gasteiger partial charge in [0.15, 0.2) is 0 Å². The molecule has 0 N–H and O–H groups in total. The van der Waals surface area contributed by atoms with Gasteiger partial charge in [-0.1, -0.05) is 48.5 Å². The first-order valence-electron chi connectivity index (χ1n) is 8.45. The molecule has 0 saturated heterocycles. The van der Waals surface area contributed by atoms with Crippen LogP contribution in [0, 0.1) is 0 Å². The molecule has 0 aliphatic carbocycles. The zero-order chi connectivity index (χ0) is 19.0. The number of ketones is 1. The molecule has 1 aliphatic heterocycles. The van der Waals surface area contributed by atoms with E-state index >= 15 is 0 Å². The molecule has 0 fully saturated rings. The molecule has 3 aromatic rings. The number of fused-ring (bicyclic) bond motifs is 1. The van der Waals surface area contributed by atoms with Crippen LogP contribution in [0.15, 0.2) is 75.2 Å². The van der Waals surface area contributed by atoms with E-state index in [9.17, 15) is 14.4 Å². The van der Waals surface area contributed by atoms with Crippen molar-refractivity contribution in [2.45, 2.75) is 13.1 Å². The van der Waals surface area contributed by atoms with E-state index in [0.29, 0.717) is 11.3 Å². The molecular weight excluding hydrogens is 348 g/mol. The summed E-state index contributed by atoms with van der Waals surface area (Å²) < 4.78 is 8.47. The minimum absolute atomic E-state index is 0.0661. The summed E-state index contributed by atoms with van der Waals surface area (Å²) in [6, 6.07) is 17.0. The number of hydrogen-bond donors (Lipinski definition) is 0. The maximum Gasteiger partial charge on any atom is 0.360 e. The zero-order valence-corrected chi connectivity index (χ0v) is 14.5. The second-order valence-corrected chi connectivity index (χ2v) is 5.84. The van der Waals surface area contributed by atoms with E-state index in [1.807, 2.05) is 0 Å². The van der Waals surface area contributed by atoms with Gasteiger partial charge in [0.25, 0.3) is 0 Å². The van der Waals surface area contributed by atoms with Gasteiger partial charge in [-0.25, -0.2) is 14.2 Å². The number of aromatic nitrogens is 3. The highest BCUT2D eigenvalue weighted by atomic mass is 16.5. The lowest BCUT2D eigenvalue weighted by molar-refractivity contribution is 0.0923. The Balaban J connectivity index is 1.92. The Kier molecular flexibility index (Phi) is 4.08. The molecule has 0 saturated carbocycles. The quantitative estimate of drug-likeness (QED) is 0.656. The molecular formula is C19H16N4O4. The molecule has 4 rings (SSSR count).